The van der Waals surface area contributed by atoms with Gasteiger partial charge in [-0.2, -0.15) is 0 Å². The first-order valence-corrected chi connectivity index (χ1v) is 9.52. The van der Waals surface area contributed by atoms with Gasteiger partial charge in [-0.1, -0.05) is 0 Å². The molecule has 2 rings (SSSR count). The molecule has 1 fully saturated rings. The number of nitrogens with one attached hydrogen (secondary N) is 1. The van der Waals surface area contributed by atoms with Gasteiger partial charge in [-0.05, 0) is 51.5 Å². The molecule has 5 nitrogen and oxygen atoms in total. The predicted molar refractivity (Wildman–Crippen MR) is 89.1 cm³/mol. The van der Waals surface area contributed by atoms with Crippen molar-refractivity contribution in [2.24, 2.45) is 0 Å². The summed E-state index contributed by atoms with van der Waals surface area (Å²) < 4.78 is 22.8. The van der Waals surface area contributed by atoms with Gasteiger partial charge in [-0.25, -0.2) is 8.42 Å². The van der Waals surface area contributed by atoms with Gasteiger partial charge in [0, 0.05) is 29.9 Å². The summed E-state index contributed by atoms with van der Waals surface area (Å²) in [5.41, 5.74) is 1.64. The highest BCUT2D eigenvalue weighted by molar-refractivity contribution is 7.91. The molecule has 1 heterocycles. The van der Waals surface area contributed by atoms with Crippen LogP contribution in [0.4, 0.5) is 5.69 Å². The Morgan fingerprint density at radius 3 is 2.41 bits per heavy atom. The lowest BCUT2D eigenvalue weighted by molar-refractivity contribution is 0.0941. The topological polar surface area (TPSA) is 66.5 Å². The molecule has 0 spiro atoms. The third-order valence-electron chi connectivity index (χ3n) is 3.99. The van der Waals surface area contributed by atoms with E-state index in [1.807, 2.05) is 12.1 Å². The van der Waals surface area contributed by atoms with Gasteiger partial charge < -0.3 is 10.2 Å². The molecular formula is C16H24N2O3S. The van der Waals surface area contributed by atoms with Crippen LogP contribution in [-0.4, -0.2) is 44.5 Å². The van der Waals surface area contributed by atoms with E-state index in [0.29, 0.717) is 18.0 Å². The lowest BCUT2D eigenvalue weighted by atomic mass is 10.1. The number of carbonyl (C=O) groups excluding carboxylic acids is 1. The van der Waals surface area contributed by atoms with Crippen molar-refractivity contribution in [1.82, 2.24) is 5.32 Å². The van der Waals surface area contributed by atoms with Crippen LogP contribution in [-0.2, 0) is 9.84 Å². The van der Waals surface area contributed by atoms with E-state index in [1.165, 1.54) is 0 Å². The summed E-state index contributed by atoms with van der Waals surface area (Å²) in [6, 6.07) is 7.58. The van der Waals surface area contributed by atoms with Crippen LogP contribution in [0.2, 0.25) is 0 Å². The van der Waals surface area contributed by atoms with Crippen molar-refractivity contribution in [3.63, 3.8) is 0 Å². The van der Waals surface area contributed by atoms with Gasteiger partial charge in [0.25, 0.3) is 5.91 Å². The SMILES string of the molecule is CCN(c1ccc(C(=O)N[C@H]2CCS(=O)(=O)C2)cc1)C(C)C. The van der Waals surface area contributed by atoms with E-state index in [9.17, 15) is 13.2 Å². The maximum atomic E-state index is 12.2. The number of hydrogen-bond acceptors (Lipinski definition) is 4. The fourth-order valence-electron chi connectivity index (χ4n) is 2.83. The van der Waals surface area contributed by atoms with Gasteiger partial charge >= 0.3 is 0 Å². The van der Waals surface area contributed by atoms with Crippen LogP contribution in [0.25, 0.3) is 0 Å². The molecule has 0 bridgehead atoms. The molecule has 6 heteroatoms. The number of benzene rings is 1. The van der Waals surface area contributed by atoms with Crippen LogP contribution < -0.4 is 10.2 Å². The number of nitrogens with zero attached hydrogens (tertiary/aromatic N) is 1. The molecule has 0 aliphatic carbocycles. The van der Waals surface area contributed by atoms with Crippen LogP contribution >= 0.6 is 0 Å². The smallest absolute Gasteiger partial charge is 0.251 e. The Balaban J connectivity index is 2.02. The van der Waals surface area contributed by atoms with Crippen LogP contribution in [0.5, 0.6) is 0 Å². The molecule has 1 atom stereocenters. The Morgan fingerprint density at radius 2 is 1.95 bits per heavy atom. The number of anilines is 1. The standard InChI is InChI=1S/C16H24N2O3S/c1-4-18(12(2)3)15-7-5-13(6-8-15)16(19)17-14-9-10-22(20,21)11-14/h5-8,12,14H,4,9-11H2,1-3H3,(H,17,19)/t14-/m0/s1. The molecule has 1 amide bonds. The van der Waals surface area contributed by atoms with Crippen LogP contribution in [0.15, 0.2) is 24.3 Å². The highest BCUT2D eigenvalue weighted by Gasteiger charge is 2.29. The summed E-state index contributed by atoms with van der Waals surface area (Å²) in [5, 5.41) is 2.80. The summed E-state index contributed by atoms with van der Waals surface area (Å²) in [6.45, 7) is 7.26. The van der Waals surface area contributed by atoms with Crippen LogP contribution in [0, 0.1) is 0 Å². The van der Waals surface area contributed by atoms with Crippen molar-refractivity contribution in [1.29, 1.82) is 0 Å². The van der Waals surface area contributed by atoms with Gasteiger partial charge in [0.2, 0.25) is 0 Å². The minimum absolute atomic E-state index is 0.0494. The Kier molecular flexibility index (Phi) is 5.11. The van der Waals surface area contributed by atoms with E-state index in [4.69, 9.17) is 0 Å². The van der Waals surface area contributed by atoms with E-state index in [-0.39, 0.29) is 23.5 Å². The first-order chi connectivity index (χ1) is 10.3. The molecule has 22 heavy (non-hydrogen) atoms. The summed E-state index contributed by atoms with van der Waals surface area (Å²) in [5.74, 6) is 0.00564. The molecule has 0 saturated carbocycles. The fraction of sp³-hybridized carbons (Fsp3) is 0.562. The molecule has 0 unspecified atom stereocenters. The summed E-state index contributed by atoms with van der Waals surface area (Å²) in [7, 11) is -2.98. The average molecular weight is 324 g/mol. The zero-order valence-corrected chi connectivity index (χ0v) is 14.2. The molecule has 1 aliphatic rings. The second-order valence-electron chi connectivity index (χ2n) is 6.00. The number of sulfone groups is 1. The fourth-order valence-corrected chi connectivity index (χ4v) is 4.50. The molecule has 1 aromatic carbocycles. The van der Waals surface area contributed by atoms with E-state index < -0.39 is 9.84 Å². The quantitative estimate of drug-likeness (QED) is 0.897. The number of amides is 1. The zero-order chi connectivity index (χ0) is 16.3. The highest BCUT2D eigenvalue weighted by atomic mass is 32.2. The largest absolute Gasteiger partial charge is 0.369 e. The number of hydrogen-bond donors (Lipinski definition) is 1. The normalized spacial score (nSPS) is 20.1. The minimum atomic E-state index is -2.98. The van der Waals surface area contributed by atoms with E-state index >= 15 is 0 Å². The van der Waals surface area contributed by atoms with Crippen molar-refractivity contribution in [3.05, 3.63) is 29.8 Å². The Labute approximate surface area is 132 Å². The van der Waals surface area contributed by atoms with E-state index in [1.54, 1.807) is 12.1 Å². The van der Waals surface area contributed by atoms with Crippen LogP contribution in [0.1, 0.15) is 37.6 Å². The van der Waals surface area contributed by atoms with Crippen molar-refractivity contribution >= 4 is 21.4 Å². The van der Waals surface area contributed by atoms with Crippen LogP contribution in [0.3, 0.4) is 0 Å². The summed E-state index contributed by atoms with van der Waals surface area (Å²) >= 11 is 0. The number of rotatable bonds is 5. The molecule has 1 aliphatic heterocycles. The van der Waals surface area contributed by atoms with Gasteiger partial charge in [-0.3, -0.25) is 4.79 Å². The molecule has 0 aromatic heterocycles. The first kappa shape index (κ1) is 16.8. The highest BCUT2D eigenvalue weighted by Crippen LogP contribution is 2.18. The third kappa shape index (κ3) is 4.00. The Hall–Kier alpha value is -1.56. The molecule has 0 radical (unpaired) electrons. The average Bonchev–Trinajstić information content (AvgIpc) is 2.79. The molecule has 1 N–H and O–H groups in total. The first-order valence-electron chi connectivity index (χ1n) is 7.70. The zero-order valence-electron chi connectivity index (χ0n) is 13.4. The predicted octanol–water partition coefficient (Wildman–Crippen LogP) is 1.84. The van der Waals surface area contributed by atoms with E-state index in [0.717, 1.165) is 12.2 Å². The number of carbonyl (C=O) groups is 1. The Bertz CT molecular complexity index is 623. The van der Waals surface area contributed by atoms with Crippen molar-refractivity contribution in [2.75, 3.05) is 23.0 Å². The monoisotopic (exact) mass is 324 g/mol. The molecule has 1 saturated heterocycles. The van der Waals surface area contributed by atoms with Crippen molar-refractivity contribution in [2.45, 2.75) is 39.3 Å². The summed E-state index contributed by atoms with van der Waals surface area (Å²) in [6.07, 6.45) is 0.503. The lowest BCUT2D eigenvalue weighted by Crippen LogP contribution is -2.35. The summed E-state index contributed by atoms with van der Waals surface area (Å²) in [4.78, 5) is 14.4. The van der Waals surface area contributed by atoms with Gasteiger partial charge in [0.1, 0.15) is 0 Å². The third-order valence-corrected chi connectivity index (χ3v) is 5.76. The molecular weight excluding hydrogens is 300 g/mol. The van der Waals surface area contributed by atoms with Gasteiger partial charge in [0.15, 0.2) is 9.84 Å². The molecule has 122 valence electrons. The maximum Gasteiger partial charge on any atom is 0.251 e. The second-order valence-corrected chi connectivity index (χ2v) is 8.23. The Morgan fingerprint density at radius 1 is 1.32 bits per heavy atom. The van der Waals surface area contributed by atoms with E-state index in [2.05, 4.69) is 31.0 Å². The molecule has 1 aromatic rings. The lowest BCUT2D eigenvalue weighted by Gasteiger charge is -2.27. The second kappa shape index (κ2) is 6.69. The van der Waals surface area contributed by atoms with Gasteiger partial charge in [-0.15, -0.1) is 0 Å². The van der Waals surface area contributed by atoms with Crippen molar-refractivity contribution in [3.8, 4) is 0 Å². The van der Waals surface area contributed by atoms with Crippen molar-refractivity contribution < 1.29 is 13.2 Å². The minimum Gasteiger partial charge on any atom is -0.369 e. The van der Waals surface area contributed by atoms with Gasteiger partial charge in [0.05, 0.1) is 11.5 Å². The maximum absolute atomic E-state index is 12.2.